The summed E-state index contributed by atoms with van der Waals surface area (Å²) in [7, 11) is 0. The van der Waals surface area contributed by atoms with Crippen LogP contribution in [0.2, 0.25) is 0 Å². The molecule has 0 amide bonds. The van der Waals surface area contributed by atoms with E-state index in [2.05, 4.69) is 20.4 Å². The second-order valence-electron chi connectivity index (χ2n) is 5.90. The molecule has 1 N–H and O–H groups in total. The van der Waals surface area contributed by atoms with Gasteiger partial charge in [0.15, 0.2) is 0 Å². The summed E-state index contributed by atoms with van der Waals surface area (Å²) >= 11 is 0. The second kappa shape index (κ2) is 6.25. The van der Waals surface area contributed by atoms with Gasteiger partial charge in [-0.25, -0.2) is 14.6 Å². The van der Waals surface area contributed by atoms with E-state index in [9.17, 15) is 4.79 Å². The van der Waals surface area contributed by atoms with Gasteiger partial charge >= 0.3 is 0 Å². The van der Waals surface area contributed by atoms with Crippen LogP contribution in [0.15, 0.2) is 29.2 Å². The maximum absolute atomic E-state index is 11.9. The van der Waals surface area contributed by atoms with Gasteiger partial charge in [-0.15, -0.1) is 0 Å². The van der Waals surface area contributed by atoms with Crippen molar-refractivity contribution in [3.05, 3.63) is 46.3 Å². The Labute approximate surface area is 129 Å². The van der Waals surface area contributed by atoms with E-state index in [0.29, 0.717) is 6.04 Å². The Morgan fingerprint density at radius 2 is 1.91 bits per heavy atom. The lowest BCUT2D eigenvalue weighted by Gasteiger charge is -2.29. The topological polar surface area (TPSA) is 72.7 Å². The molecule has 6 nitrogen and oxygen atoms in total. The Morgan fingerprint density at radius 3 is 2.64 bits per heavy atom. The molecule has 0 radical (unpaired) electrons. The molecule has 116 valence electrons. The van der Waals surface area contributed by atoms with Gasteiger partial charge in [0.2, 0.25) is 0 Å². The van der Waals surface area contributed by atoms with Crippen molar-refractivity contribution in [2.45, 2.75) is 51.6 Å². The number of hydrogen-bond acceptors (Lipinski definition) is 5. The number of hydrogen-bond donors (Lipinski definition) is 1. The number of anilines is 1. The van der Waals surface area contributed by atoms with Crippen LogP contribution in [0.3, 0.4) is 0 Å². The van der Waals surface area contributed by atoms with Crippen molar-refractivity contribution < 1.29 is 0 Å². The van der Waals surface area contributed by atoms with Gasteiger partial charge in [0.25, 0.3) is 5.56 Å². The van der Waals surface area contributed by atoms with E-state index in [4.69, 9.17) is 0 Å². The Hall–Kier alpha value is -2.24. The predicted molar refractivity (Wildman–Crippen MR) is 84.9 cm³/mol. The third-order valence-corrected chi connectivity index (χ3v) is 4.13. The van der Waals surface area contributed by atoms with Gasteiger partial charge < -0.3 is 5.32 Å². The highest BCUT2D eigenvalue weighted by Gasteiger charge is 2.23. The Morgan fingerprint density at radius 1 is 1.14 bits per heavy atom. The van der Waals surface area contributed by atoms with Crippen LogP contribution in [-0.2, 0) is 0 Å². The molecule has 2 heterocycles. The quantitative estimate of drug-likeness (QED) is 0.941. The molecule has 2 aromatic heterocycles. The minimum Gasteiger partial charge on any atom is -0.367 e. The molecule has 1 fully saturated rings. The maximum atomic E-state index is 11.9. The summed E-state index contributed by atoms with van der Waals surface area (Å²) in [6, 6.07) is 5.87. The molecule has 6 heteroatoms. The predicted octanol–water partition coefficient (Wildman–Crippen LogP) is 2.25. The smallest absolute Gasteiger partial charge is 0.267 e. The van der Waals surface area contributed by atoms with Crippen molar-refractivity contribution in [1.29, 1.82) is 0 Å². The zero-order valence-electron chi connectivity index (χ0n) is 13.0. The van der Waals surface area contributed by atoms with E-state index in [1.807, 2.05) is 19.9 Å². The Kier molecular flexibility index (Phi) is 4.18. The van der Waals surface area contributed by atoms with E-state index in [1.54, 1.807) is 23.0 Å². The van der Waals surface area contributed by atoms with Crippen LogP contribution in [0.25, 0.3) is 0 Å². The molecule has 0 atom stereocenters. The number of rotatable bonds is 3. The average Bonchev–Trinajstić information content (AvgIpc) is 2.51. The first kappa shape index (κ1) is 14.7. The van der Waals surface area contributed by atoms with E-state index in [1.165, 1.54) is 0 Å². The molecule has 0 bridgehead atoms. The van der Waals surface area contributed by atoms with Crippen molar-refractivity contribution in [1.82, 2.24) is 19.7 Å². The summed E-state index contributed by atoms with van der Waals surface area (Å²) in [6.07, 6.45) is 5.70. The van der Waals surface area contributed by atoms with E-state index in [-0.39, 0.29) is 11.6 Å². The molecular formula is C16H21N5O. The fourth-order valence-corrected chi connectivity index (χ4v) is 2.99. The monoisotopic (exact) mass is 299 g/mol. The number of aryl methyl sites for hydroxylation is 2. The van der Waals surface area contributed by atoms with Gasteiger partial charge in [-0.2, -0.15) is 5.10 Å². The number of nitrogens with one attached hydrogen (secondary N) is 1. The summed E-state index contributed by atoms with van der Waals surface area (Å²) in [5.74, 6) is 1.65. The first-order valence-electron chi connectivity index (χ1n) is 7.74. The summed E-state index contributed by atoms with van der Waals surface area (Å²) in [5, 5.41) is 7.84. The van der Waals surface area contributed by atoms with Gasteiger partial charge in [-0.1, -0.05) is 0 Å². The molecule has 2 aromatic rings. The van der Waals surface area contributed by atoms with Crippen LogP contribution in [0.1, 0.15) is 43.2 Å². The van der Waals surface area contributed by atoms with Crippen LogP contribution >= 0.6 is 0 Å². The molecule has 0 aliphatic heterocycles. The van der Waals surface area contributed by atoms with E-state index >= 15 is 0 Å². The highest BCUT2D eigenvalue weighted by Crippen LogP contribution is 2.28. The van der Waals surface area contributed by atoms with Crippen LogP contribution < -0.4 is 10.9 Å². The SMILES string of the molecule is Cc1ccc(=O)n(C2CCC(Nc3ccnc(C)n3)CC2)n1. The molecule has 0 unspecified atom stereocenters. The second-order valence-corrected chi connectivity index (χ2v) is 5.90. The standard InChI is InChI=1S/C16H21N5O/c1-11-3-8-16(22)21(20-11)14-6-4-13(5-7-14)19-15-9-10-17-12(2)18-15/h3,8-10,13-14H,4-7H2,1-2H3,(H,17,18,19). The first-order valence-corrected chi connectivity index (χ1v) is 7.74. The summed E-state index contributed by atoms with van der Waals surface area (Å²) in [6.45, 7) is 3.80. The highest BCUT2D eigenvalue weighted by molar-refractivity contribution is 5.34. The summed E-state index contributed by atoms with van der Waals surface area (Å²) in [4.78, 5) is 20.4. The molecule has 0 aromatic carbocycles. The largest absolute Gasteiger partial charge is 0.367 e. The van der Waals surface area contributed by atoms with Crippen molar-refractivity contribution in [3.8, 4) is 0 Å². The van der Waals surface area contributed by atoms with Crippen LogP contribution in [-0.4, -0.2) is 25.8 Å². The third-order valence-electron chi connectivity index (χ3n) is 4.13. The van der Waals surface area contributed by atoms with Gasteiger partial charge in [0.1, 0.15) is 11.6 Å². The summed E-state index contributed by atoms with van der Waals surface area (Å²) < 4.78 is 1.65. The van der Waals surface area contributed by atoms with E-state index in [0.717, 1.165) is 43.0 Å². The highest BCUT2D eigenvalue weighted by atomic mass is 16.1. The van der Waals surface area contributed by atoms with Crippen LogP contribution in [0, 0.1) is 13.8 Å². The Balaban J connectivity index is 1.63. The zero-order valence-corrected chi connectivity index (χ0v) is 13.0. The van der Waals surface area contributed by atoms with Crippen LogP contribution in [0.5, 0.6) is 0 Å². The van der Waals surface area contributed by atoms with Gasteiger partial charge in [-0.3, -0.25) is 4.79 Å². The molecule has 1 saturated carbocycles. The van der Waals surface area contributed by atoms with Crippen molar-refractivity contribution in [2.75, 3.05) is 5.32 Å². The van der Waals surface area contributed by atoms with Crippen molar-refractivity contribution in [2.24, 2.45) is 0 Å². The first-order chi connectivity index (χ1) is 10.6. The molecule has 22 heavy (non-hydrogen) atoms. The lowest BCUT2D eigenvalue weighted by Crippen LogP contribution is -2.33. The molecule has 1 aliphatic rings. The number of aromatic nitrogens is 4. The molecule has 1 aliphatic carbocycles. The van der Waals surface area contributed by atoms with Crippen molar-refractivity contribution in [3.63, 3.8) is 0 Å². The Bertz CT molecular complexity index is 704. The van der Waals surface area contributed by atoms with Gasteiger partial charge in [0, 0.05) is 18.3 Å². The molecule has 3 rings (SSSR count). The molecule has 0 spiro atoms. The molecule has 0 saturated heterocycles. The van der Waals surface area contributed by atoms with Crippen LogP contribution in [0.4, 0.5) is 5.82 Å². The lowest BCUT2D eigenvalue weighted by molar-refractivity contribution is 0.302. The minimum atomic E-state index is -0.00608. The average molecular weight is 299 g/mol. The van der Waals surface area contributed by atoms with Crippen molar-refractivity contribution >= 4 is 5.82 Å². The normalized spacial score (nSPS) is 21.5. The maximum Gasteiger partial charge on any atom is 0.267 e. The lowest BCUT2D eigenvalue weighted by atomic mass is 9.91. The van der Waals surface area contributed by atoms with E-state index < -0.39 is 0 Å². The molecular weight excluding hydrogens is 278 g/mol. The summed E-state index contributed by atoms with van der Waals surface area (Å²) in [5.41, 5.74) is 0.879. The van der Waals surface area contributed by atoms with Gasteiger partial charge in [-0.05, 0) is 51.7 Å². The fraction of sp³-hybridized carbons (Fsp3) is 0.500. The fourth-order valence-electron chi connectivity index (χ4n) is 2.99. The van der Waals surface area contributed by atoms with Gasteiger partial charge in [0.05, 0.1) is 11.7 Å². The zero-order chi connectivity index (χ0) is 15.5. The third kappa shape index (κ3) is 3.32. The minimum absolute atomic E-state index is 0.00608. The number of nitrogens with zero attached hydrogens (tertiary/aromatic N) is 4.